The van der Waals surface area contributed by atoms with Crippen molar-refractivity contribution >= 4 is 27.3 Å². The minimum absolute atomic E-state index is 0.0281. The van der Waals surface area contributed by atoms with Crippen LogP contribution in [0.25, 0.3) is 5.69 Å². The standard InChI is InChI=1S/C26H26N4O4S/c1-18-13-15-21(16-14-18)29(4)35(33,34)23-12-8-9-20(17-23)25(31)27-24-19(2)28(3)30(26(24)32)22-10-6-5-7-11-22/h5-17H,1-4H3,(H,27,31). The Morgan fingerprint density at radius 3 is 2.23 bits per heavy atom. The van der Waals surface area contributed by atoms with E-state index in [2.05, 4.69) is 5.32 Å². The van der Waals surface area contributed by atoms with Crippen LogP contribution in [0, 0.1) is 13.8 Å². The molecule has 0 aliphatic rings. The molecule has 0 atom stereocenters. The van der Waals surface area contributed by atoms with Gasteiger partial charge in [0.05, 0.1) is 22.0 Å². The number of carbonyl (C=O) groups is 1. The lowest BCUT2D eigenvalue weighted by Crippen LogP contribution is -2.27. The Morgan fingerprint density at radius 2 is 1.57 bits per heavy atom. The first-order chi connectivity index (χ1) is 16.6. The Labute approximate surface area is 204 Å². The van der Waals surface area contributed by atoms with E-state index in [9.17, 15) is 18.0 Å². The summed E-state index contributed by atoms with van der Waals surface area (Å²) in [5.41, 5.74) is 2.62. The molecule has 0 bridgehead atoms. The molecule has 4 aromatic rings. The zero-order valence-electron chi connectivity index (χ0n) is 19.9. The number of sulfonamides is 1. The van der Waals surface area contributed by atoms with Crippen LogP contribution in [0.15, 0.2) is 88.6 Å². The highest BCUT2D eigenvalue weighted by Crippen LogP contribution is 2.23. The summed E-state index contributed by atoms with van der Waals surface area (Å²) in [6, 6.07) is 21.9. The van der Waals surface area contributed by atoms with Crippen LogP contribution >= 0.6 is 0 Å². The van der Waals surface area contributed by atoms with Gasteiger partial charge in [-0.1, -0.05) is 42.0 Å². The lowest BCUT2D eigenvalue weighted by molar-refractivity contribution is 0.102. The zero-order valence-corrected chi connectivity index (χ0v) is 20.7. The fourth-order valence-electron chi connectivity index (χ4n) is 3.75. The summed E-state index contributed by atoms with van der Waals surface area (Å²) in [6.07, 6.45) is 0. The third-order valence-corrected chi connectivity index (χ3v) is 7.73. The minimum Gasteiger partial charge on any atom is -0.316 e. The molecule has 8 nitrogen and oxygen atoms in total. The summed E-state index contributed by atoms with van der Waals surface area (Å²) in [7, 11) is -0.711. The third-order valence-electron chi connectivity index (χ3n) is 5.94. The van der Waals surface area contributed by atoms with Crippen LogP contribution < -0.4 is 15.2 Å². The van der Waals surface area contributed by atoms with Gasteiger partial charge in [0, 0.05) is 19.7 Å². The van der Waals surface area contributed by atoms with E-state index in [-0.39, 0.29) is 21.7 Å². The van der Waals surface area contributed by atoms with Gasteiger partial charge in [0.15, 0.2) is 0 Å². The minimum atomic E-state index is -3.91. The molecule has 0 spiro atoms. The van der Waals surface area contributed by atoms with Crippen molar-refractivity contribution in [2.75, 3.05) is 16.7 Å². The van der Waals surface area contributed by atoms with Gasteiger partial charge < -0.3 is 5.32 Å². The Kier molecular flexibility index (Phi) is 6.36. The summed E-state index contributed by atoms with van der Waals surface area (Å²) < 4.78 is 30.7. The largest absolute Gasteiger partial charge is 0.316 e. The van der Waals surface area contributed by atoms with Gasteiger partial charge in [0.25, 0.3) is 21.5 Å². The van der Waals surface area contributed by atoms with Crippen molar-refractivity contribution < 1.29 is 13.2 Å². The maximum Gasteiger partial charge on any atom is 0.295 e. The molecule has 4 rings (SSSR count). The van der Waals surface area contributed by atoms with Crippen molar-refractivity contribution in [2.24, 2.45) is 7.05 Å². The molecular weight excluding hydrogens is 464 g/mol. The van der Waals surface area contributed by atoms with E-state index in [1.54, 1.807) is 42.9 Å². The van der Waals surface area contributed by atoms with Crippen LogP contribution in [0.1, 0.15) is 21.6 Å². The second-order valence-electron chi connectivity index (χ2n) is 8.23. The Balaban J connectivity index is 1.64. The number of nitrogens with zero attached hydrogens (tertiary/aromatic N) is 3. The van der Waals surface area contributed by atoms with Gasteiger partial charge in [-0.2, -0.15) is 0 Å². The van der Waals surface area contributed by atoms with E-state index in [1.807, 2.05) is 37.3 Å². The maximum absolute atomic E-state index is 13.2. The van der Waals surface area contributed by atoms with Crippen molar-refractivity contribution in [2.45, 2.75) is 18.7 Å². The molecule has 0 fully saturated rings. The molecular formula is C26H26N4O4S. The summed E-state index contributed by atoms with van der Waals surface area (Å²) in [4.78, 5) is 26.1. The van der Waals surface area contributed by atoms with Crippen molar-refractivity contribution in [1.82, 2.24) is 9.36 Å². The van der Waals surface area contributed by atoms with Crippen LogP contribution in [0.3, 0.4) is 0 Å². The number of aryl methyl sites for hydroxylation is 1. The Hall–Kier alpha value is -4.11. The molecule has 35 heavy (non-hydrogen) atoms. The fraction of sp³-hybridized carbons (Fsp3) is 0.154. The van der Waals surface area contributed by atoms with E-state index in [1.165, 1.54) is 40.3 Å². The second kappa shape index (κ2) is 9.27. The molecule has 0 radical (unpaired) electrons. The van der Waals surface area contributed by atoms with Crippen LogP contribution in [0.5, 0.6) is 0 Å². The number of aromatic nitrogens is 2. The SMILES string of the molecule is Cc1ccc(N(C)S(=O)(=O)c2cccc(C(=O)Nc3c(C)n(C)n(-c4ccccc4)c3=O)c2)cc1. The first-order valence-electron chi connectivity index (χ1n) is 10.9. The molecule has 1 amide bonds. The number of para-hydroxylation sites is 1. The topological polar surface area (TPSA) is 93.4 Å². The Morgan fingerprint density at radius 1 is 0.914 bits per heavy atom. The van der Waals surface area contributed by atoms with Crippen LogP contribution in [0.2, 0.25) is 0 Å². The van der Waals surface area contributed by atoms with Crippen molar-refractivity contribution in [3.05, 3.63) is 106 Å². The van der Waals surface area contributed by atoms with Gasteiger partial charge in [-0.25, -0.2) is 13.1 Å². The molecule has 1 N–H and O–H groups in total. The number of anilines is 2. The van der Waals surface area contributed by atoms with E-state index in [4.69, 9.17) is 0 Å². The number of carbonyl (C=O) groups excluding carboxylic acids is 1. The highest BCUT2D eigenvalue weighted by molar-refractivity contribution is 7.92. The number of rotatable bonds is 6. The van der Waals surface area contributed by atoms with Crippen molar-refractivity contribution in [1.29, 1.82) is 0 Å². The highest BCUT2D eigenvalue weighted by atomic mass is 32.2. The van der Waals surface area contributed by atoms with E-state index in [0.717, 1.165) is 5.56 Å². The summed E-state index contributed by atoms with van der Waals surface area (Å²) in [5, 5.41) is 2.67. The molecule has 0 aliphatic heterocycles. The lowest BCUT2D eigenvalue weighted by Gasteiger charge is -2.20. The summed E-state index contributed by atoms with van der Waals surface area (Å²) >= 11 is 0. The average Bonchev–Trinajstić information content (AvgIpc) is 3.07. The predicted molar refractivity (Wildman–Crippen MR) is 137 cm³/mol. The van der Waals surface area contributed by atoms with Crippen LogP contribution in [-0.2, 0) is 17.1 Å². The second-order valence-corrected chi connectivity index (χ2v) is 10.2. The maximum atomic E-state index is 13.2. The van der Waals surface area contributed by atoms with Crippen molar-refractivity contribution in [3.63, 3.8) is 0 Å². The molecule has 0 aliphatic carbocycles. The monoisotopic (exact) mass is 490 g/mol. The molecule has 0 unspecified atom stereocenters. The average molecular weight is 491 g/mol. The summed E-state index contributed by atoms with van der Waals surface area (Å²) in [6.45, 7) is 3.65. The van der Waals surface area contributed by atoms with E-state index >= 15 is 0 Å². The number of amides is 1. The Bertz CT molecular complexity index is 1550. The molecule has 1 aromatic heterocycles. The van der Waals surface area contributed by atoms with Crippen LogP contribution in [0.4, 0.5) is 11.4 Å². The molecule has 180 valence electrons. The smallest absolute Gasteiger partial charge is 0.295 e. The number of hydrogen-bond donors (Lipinski definition) is 1. The van der Waals surface area contributed by atoms with Crippen LogP contribution in [-0.4, -0.2) is 30.7 Å². The van der Waals surface area contributed by atoms with Gasteiger partial charge in [-0.15, -0.1) is 0 Å². The number of hydrogen-bond acceptors (Lipinski definition) is 4. The summed E-state index contributed by atoms with van der Waals surface area (Å²) in [5.74, 6) is -0.578. The molecule has 0 saturated carbocycles. The van der Waals surface area contributed by atoms with E-state index in [0.29, 0.717) is 17.1 Å². The molecule has 9 heteroatoms. The fourth-order valence-corrected chi connectivity index (χ4v) is 4.99. The number of benzene rings is 3. The molecule has 3 aromatic carbocycles. The van der Waals surface area contributed by atoms with Crippen molar-refractivity contribution in [3.8, 4) is 5.69 Å². The normalized spacial score (nSPS) is 11.3. The molecule has 1 heterocycles. The van der Waals surface area contributed by atoms with Gasteiger partial charge in [0.1, 0.15) is 5.69 Å². The van der Waals surface area contributed by atoms with Gasteiger partial charge in [-0.05, 0) is 56.3 Å². The third kappa shape index (κ3) is 4.50. The first-order valence-corrected chi connectivity index (χ1v) is 12.4. The van der Waals surface area contributed by atoms with Gasteiger partial charge >= 0.3 is 0 Å². The van der Waals surface area contributed by atoms with Gasteiger partial charge in [0.2, 0.25) is 0 Å². The molecule has 0 saturated heterocycles. The lowest BCUT2D eigenvalue weighted by atomic mass is 10.2. The van der Waals surface area contributed by atoms with Gasteiger partial charge in [-0.3, -0.25) is 18.6 Å². The van der Waals surface area contributed by atoms with E-state index < -0.39 is 15.9 Å². The highest BCUT2D eigenvalue weighted by Gasteiger charge is 2.24. The predicted octanol–water partition coefficient (Wildman–Crippen LogP) is 3.87. The first kappa shape index (κ1) is 24.0. The zero-order chi connectivity index (χ0) is 25.3. The quantitative estimate of drug-likeness (QED) is 0.444. The number of nitrogens with one attached hydrogen (secondary N) is 1.